The molecule has 276 valence electrons. The van der Waals surface area contributed by atoms with E-state index in [2.05, 4.69) is 219 Å². The Labute approximate surface area is 344 Å². The molecule has 0 saturated carbocycles. The van der Waals surface area contributed by atoms with Gasteiger partial charge in [-0.25, -0.2) is 0 Å². The summed E-state index contributed by atoms with van der Waals surface area (Å²) in [5.74, 6) is 0. The minimum atomic E-state index is -0.438. The first-order valence-corrected chi connectivity index (χ1v) is 20.9. The second-order valence-electron chi connectivity index (χ2n) is 17.1. The molecule has 59 heavy (non-hydrogen) atoms. The van der Waals surface area contributed by atoms with Gasteiger partial charge in [-0.2, -0.15) is 0 Å². The van der Waals surface area contributed by atoms with Crippen LogP contribution >= 0.6 is 0 Å². The molecule has 0 bridgehead atoms. The van der Waals surface area contributed by atoms with Crippen molar-refractivity contribution in [1.29, 1.82) is 0 Å². The van der Waals surface area contributed by atoms with Crippen molar-refractivity contribution in [3.05, 3.63) is 234 Å². The maximum absolute atomic E-state index is 2.60. The van der Waals surface area contributed by atoms with Crippen LogP contribution in [0.15, 0.2) is 200 Å². The molecular formula is C58H39N. The fourth-order valence-electron chi connectivity index (χ4n) is 11.7. The molecule has 1 heteroatoms. The average Bonchev–Trinajstić information content (AvgIpc) is 3.86. The lowest BCUT2D eigenvalue weighted by molar-refractivity contribution is 0.660. The van der Waals surface area contributed by atoms with E-state index in [1.54, 1.807) is 0 Å². The van der Waals surface area contributed by atoms with E-state index in [1.807, 2.05) is 0 Å². The van der Waals surface area contributed by atoms with Crippen LogP contribution < -0.4 is 4.90 Å². The van der Waals surface area contributed by atoms with Gasteiger partial charge in [-0.3, -0.25) is 0 Å². The molecule has 10 aromatic carbocycles. The Kier molecular flexibility index (Phi) is 6.50. The van der Waals surface area contributed by atoms with Crippen LogP contribution in [0.1, 0.15) is 47.2 Å². The first-order valence-electron chi connectivity index (χ1n) is 20.9. The fourth-order valence-corrected chi connectivity index (χ4v) is 11.7. The van der Waals surface area contributed by atoms with Crippen LogP contribution in [0.5, 0.6) is 0 Å². The van der Waals surface area contributed by atoms with Crippen LogP contribution in [0, 0.1) is 0 Å². The first-order chi connectivity index (χ1) is 29.1. The molecule has 0 atom stereocenters. The number of fused-ring (bicyclic) bond motifs is 19. The van der Waals surface area contributed by atoms with Crippen molar-refractivity contribution >= 4 is 49.4 Å². The zero-order valence-electron chi connectivity index (χ0n) is 33.0. The van der Waals surface area contributed by atoms with E-state index in [-0.39, 0.29) is 5.41 Å². The largest absolute Gasteiger partial charge is 0.309 e. The summed E-state index contributed by atoms with van der Waals surface area (Å²) in [5, 5.41) is 7.67. The van der Waals surface area contributed by atoms with Crippen molar-refractivity contribution in [2.45, 2.75) is 24.7 Å². The summed E-state index contributed by atoms with van der Waals surface area (Å²) in [6, 6.07) is 75.5. The predicted molar refractivity (Wildman–Crippen MR) is 248 cm³/mol. The molecule has 3 aliphatic carbocycles. The van der Waals surface area contributed by atoms with Gasteiger partial charge in [0.15, 0.2) is 0 Å². The normalized spacial score (nSPS) is 14.5. The first kappa shape index (κ1) is 32.8. The summed E-state index contributed by atoms with van der Waals surface area (Å²) in [5.41, 5.74) is 18.9. The highest BCUT2D eigenvalue weighted by atomic mass is 15.1. The number of hydrogen-bond acceptors (Lipinski definition) is 1. The summed E-state index contributed by atoms with van der Waals surface area (Å²) in [7, 11) is 0. The monoisotopic (exact) mass is 749 g/mol. The third-order valence-electron chi connectivity index (χ3n) is 14.1. The van der Waals surface area contributed by atoms with Gasteiger partial charge in [0.05, 0.1) is 16.8 Å². The second-order valence-corrected chi connectivity index (χ2v) is 17.1. The minimum Gasteiger partial charge on any atom is -0.309 e. The SMILES string of the molecule is CC1(C)c2ccccc2-c2c(N(c3ccc4c5ccccc5c5ccccc5c4c3)c3cccc4c3-c3ccccc3C43c4ccccc4-c4ccccc43)cccc21. The standard InChI is InChI=1S/C58H39N/c1-57(2)47-25-11-9-23-44(47)55-51(57)29-15-31-53(55)59(36-33-34-41-39-19-4-3-17-37(39)38-18-5-6-20-40(38)46(41)35-36)54-32-16-30-52-56(54)45-24-10-14-28-50(45)58(52)48-26-12-7-21-42(48)43-22-8-13-27-49(43)58/h3-35H,1-2H3. The van der Waals surface area contributed by atoms with E-state index in [1.165, 1.54) is 110 Å². The molecule has 10 aromatic rings. The highest BCUT2D eigenvalue weighted by molar-refractivity contribution is 6.26. The maximum Gasteiger partial charge on any atom is 0.0726 e. The zero-order valence-corrected chi connectivity index (χ0v) is 33.0. The van der Waals surface area contributed by atoms with E-state index in [9.17, 15) is 0 Å². The molecule has 13 rings (SSSR count). The molecule has 0 unspecified atom stereocenters. The van der Waals surface area contributed by atoms with Crippen LogP contribution in [0.3, 0.4) is 0 Å². The predicted octanol–water partition coefficient (Wildman–Crippen LogP) is 15.3. The van der Waals surface area contributed by atoms with E-state index in [0.29, 0.717) is 0 Å². The Hall–Kier alpha value is -7.22. The lowest BCUT2D eigenvalue weighted by atomic mass is 9.70. The summed E-state index contributed by atoms with van der Waals surface area (Å²) in [4.78, 5) is 2.60. The molecule has 1 spiro atoms. The fraction of sp³-hybridized carbons (Fsp3) is 0.0690. The van der Waals surface area contributed by atoms with Gasteiger partial charge < -0.3 is 4.90 Å². The van der Waals surface area contributed by atoms with Gasteiger partial charge in [-0.05, 0) is 112 Å². The molecule has 3 aliphatic rings. The molecule has 1 nitrogen and oxygen atoms in total. The molecule has 0 radical (unpaired) electrons. The summed E-state index contributed by atoms with van der Waals surface area (Å²) in [6.07, 6.45) is 0. The lowest BCUT2D eigenvalue weighted by Crippen LogP contribution is -2.26. The number of nitrogens with zero attached hydrogens (tertiary/aromatic N) is 1. The Morgan fingerprint density at radius 1 is 0.305 bits per heavy atom. The Bertz CT molecular complexity index is 3360. The Morgan fingerprint density at radius 3 is 1.27 bits per heavy atom. The maximum atomic E-state index is 2.60. The molecule has 0 fully saturated rings. The van der Waals surface area contributed by atoms with Crippen LogP contribution in [0.4, 0.5) is 17.1 Å². The number of benzene rings is 10. The lowest BCUT2D eigenvalue weighted by Gasteiger charge is -2.33. The van der Waals surface area contributed by atoms with Crippen molar-refractivity contribution in [3.63, 3.8) is 0 Å². The number of rotatable bonds is 3. The van der Waals surface area contributed by atoms with Crippen molar-refractivity contribution in [3.8, 4) is 33.4 Å². The molecule has 0 amide bonds. The summed E-state index contributed by atoms with van der Waals surface area (Å²) >= 11 is 0. The van der Waals surface area contributed by atoms with E-state index in [4.69, 9.17) is 0 Å². The van der Waals surface area contributed by atoms with Crippen LogP contribution in [0.2, 0.25) is 0 Å². The van der Waals surface area contributed by atoms with Crippen LogP contribution in [-0.2, 0) is 10.8 Å². The van der Waals surface area contributed by atoms with Crippen LogP contribution in [-0.4, -0.2) is 0 Å². The van der Waals surface area contributed by atoms with Crippen molar-refractivity contribution < 1.29 is 0 Å². The van der Waals surface area contributed by atoms with Gasteiger partial charge in [-0.15, -0.1) is 0 Å². The highest BCUT2D eigenvalue weighted by Crippen LogP contribution is 2.65. The minimum absolute atomic E-state index is 0.140. The number of anilines is 3. The van der Waals surface area contributed by atoms with E-state index < -0.39 is 5.41 Å². The third-order valence-corrected chi connectivity index (χ3v) is 14.1. The van der Waals surface area contributed by atoms with E-state index >= 15 is 0 Å². The van der Waals surface area contributed by atoms with Gasteiger partial charge in [-0.1, -0.05) is 190 Å². The van der Waals surface area contributed by atoms with Gasteiger partial charge >= 0.3 is 0 Å². The third kappa shape index (κ3) is 4.09. The average molecular weight is 750 g/mol. The van der Waals surface area contributed by atoms with Crippen molar-refractivity contribution in [1.82, 2.24) is 0 Å². The smallest absolute Gasteiger partial charge is 0.0726 e. The van der Waals surface area contributed by atoms with Crippen molar-refractivity contribution in [2.75, 3.05) is 4.90 Å². The zero-order chi connectivity index (χ0) is 39.0. The van der Waals surface area contributed by atoms with E-state index in [0.717, 1.165) is 5.69 Å². The van der Waals surface area contributed by atoms with Gasteiger partial charge in [0.1, 0.15) is 0 Å². The quantitative estimate of drug-likeness (QED) is 0.163. The molecule has 0 heterocycles. The van der Waals surface area contributed by atoms with Gasteiger partial charge in [0, 0.05) is 22.2 Å². The molecule has 0 aliphatic heterocycles. The van der Waals surface area contributed by atoms with Gasteiger partial charge in [0.25, 0.3) is 0 Å². The summed E-state index contributed by atoms with van der Waals surface area (Å²) in [6.45, 7) is 4.77. The Morgan fingerprint density at radius 2 is 0.695 bits per heavy atom. The molecule has 0 saturated heterocycles. The highest BCUT2D eigenvalue weighted by Gasteiger charge is 2.52. The molecule has 0 aromatic heterocycles. The topological polar surface area (TPSA) is 3.24 Å². The molecular weight excluding hydrogens is 711 g/mol. The van der Waals surface area contributed by atoms with Gasteiger partial charge in [0.2, 0.25) is 0 Å². The summed E-state index contributed by atoms with van der Waals surface area (Å²) < 4.78 is 0. The van der Waals surface area contributed by atoms with Crippen molar-refractivity contribution in [2.24, 2.45) is 0 Å². The second kappa shape index (κ2) is 11.7. The number of hydrogen-bond donors (Lipinski definition) is 0. The Balaban J connectivity index is 1.17. The molecule has 0 N–H and O–H groups in total. The van der Waals surface area contributed by atoms with Crippen LogP contribution in [0.25, 0.3) is 65.7 Å².